The van der Waals surface area contributed by atoms with Crippen molar-refractivity contribution in [2.24, 2.45) is 16.6 Å². The van der Waals surface area contributed by atoms with Gasteiger partial charge in [0, 0.05) is 12.3 Å². The zero-order chi connectivity index (χ0) is 28.5. The van der Waals surface area contributed by atoms with Gasteiger partial charge in [0.25, 0.3) is 0 Å². The van der Waals surface area contributed by atoms with Gasteiger partial charge in [-0.3, -0.25) is 4.90 Å². The Morgan fingerprint density at radius 3 is 2.38 bits per heavy atom. The van der Waals surface area contributed by atoms with Crippen LogP contribution in [0.15, 0.2) is 65.8 Å². The Labute approximate surface area is 231 Å². The van der Waals surface area contributed by atoms with Crippen LogP contribution in [0.3, 0.4) is 0 Å². The van der Waals surface area contributed by atoms with Gasteiger partial charge in [0.2, 0.25) is 5.23 Å². The molecule has 0 saturated carbocycles. The molecular formula is C30H53N3O3S. The molecule has 0 aromatic carbocycles. The normalized spacial score (nSPS) is 16.1. The highest BCUT2D eigenvalue weighted by molar-refractivity contribution is 8.13. The van der Waals surface area contributed by atoms with Gasteiger partial charge in [-0.2, -0.15) is 0 Å². The number of ether oxygens (including phenoxy) is 2. The number of aliphatic imine (C=N–C) groups is 1. The number of rotatable bonds is 6. The molecule has 2 rings (SSSR count). The van der Waals surface area contributed by atoms with Crippen molar-refractivity contribution in [3.8, 4) is 0 Å². The molecular weight excluding hydrogens is 482 g/mol. The van der Waals surface area contributed by atoms with E-state index >= 15 is 0 Å². The SMILES string of the molecule is C=CCSC(=NC/C=C\C)OC.CC.CC(C)(C)OC(N)=O.CC1CCN(CC2=CC=CC=CC2)CC1. The molecule has 6 nitrogen and oxygen atoms in total. The van der Waals surface area contributed by atoms with Crippen LogP contribution in [-0.4, -0.2) is 60.9 Å². The second-order valence-corrected chi connectivity index (χ2v) is 10.3. The van der Waals surface area contributed by atoms with Crippen molar-refractivity contribution >= 4 is 23.1 Å². The number of likely N-dealkylation sites (tertiary alicyclic amines) is 1. The molecule has 0 radical (unpaired) electrons. The number of hydrogen-bond acceptors (Lipinski definition) is 6. The van der Waals surface area contributed by atoms with Crippen LogP contribution in [0.5, 0.6) is 0 Å². The molecule has 2 N–H and O–H groups in total. The van der Waals surface area contributed by atoms with E-state index in [-0.39, 0.29) is 0 Å². The van der Waals surface area contributed by atoms with Crippen molar-refractivity contribution in [1.82, 2.24) is 4.90 Å². The predicted octanol–water partition coefficient (Wildman–Crippen LogP) is 7.55. The maximum atomic E-state index is 10.0. The molecule has 7 heteroatoms. The Hall–Kier alpha value is -2.25. The van der Waals surface area contributed by atoms with Crippen LogP contribution in [0.25, 0.3) is 0 Å². The van der Waals surface area contributed by atoms with Gasteiger partial charge >= 0.3 is 6.09 Å². The quantitative estimate of drug-likeness (QED) is 0.216. The molecule has 1 fully saturated rings. The third kappa shape index (κ3) is 25.2. The Morgan fingerprint density at radius 1 is 1.24 bits per heavy atom. The number of methoxy groups -OCH3 is 1. The summed E-state index contributed by atoms with van der Waals surface area (Å²) in [7, 11) is 1.63. The Kier molecular flexibility index (Phi) is 24.0. The first kappa shape index (κ1) is 36.9. The largest absolute Gasteiger partial charge is 0.476 e. The van der Waals surface area contributed by atoms with Gasteiger partial charge in [0.15, 0.2) is 0 Å². The molecule has 0 aromatic rings. The van der Waals surface area contributed by atoms with Gasteiger partial charge in [0.05, 0.1) is 13.7 Å². The molecule has 2 aliphatic rings. The first-order valence-electron chi connectivity index (χ1n) is 13.3. The summed E-state index contributed by atoms with van der Waals surface area (Å²) in [5.74, 6) is 1.77. The summed E-state index contributed by atoms with van der Waals surface area (Å²) in [4.78, 5) is 16.8. The van der Waals surface area contributed by atoms with E-state index in [1.54, 1.807) is 45.2 Å². The Morgan fingerprint density at radius 2 is 1.89 bits per heavy atom. The predicted molar refractivity (Wildman–Crippen MR) is 164 cm³/mol. The smallest absolute Gasteiger partial charge is 0.405 e. The maximum Gasteiger partial charge on any atom is 0.405 e. The van der Waals surface area contributed by atoms with Crippen molar-refractivity contribution in [1.29, 1.82) is 0 Å². The fourth-order valence-electron chi connectivity index (χ4n) is 3.08. The lowest BCUT2D eigenvalue weighted by molar-refractivity contribution is 0.0600. The van der Waals surface area contributed by atoms with Crippen LogP contribution in [0.2, 0.25) is 0 Å². The third-order valence-corrected chi connectivity index (χ3v) is 5.79. The van der Waals surface area contributed by atoms with E-state index in [9.17, 15) is 4.79 Å². The van der Waals surface area contributed by atoms with Crippen molar-refractivity contribution < 1.29 is 14.3 Å². The highest BCUT2D eigenvalue weighted by Crippen LogP contribution is 2.18. The molecule has 212 valence electrons. The van der Waals surface area contributed by atoms with E-state index in [2.05, 4.69) is 58.5 Å². The van der Waals surface area contributed by atoms with Crippen molar-refractivity contribution in [3.63, 3.8) is 0 Å². The minimum atomic E-state index is -0.725. The number of hydrogen-bond donors (Lipinski definition) is 1. The summed E-state index contributed by atoms with van der Waals surface area (Å²) < 4.78 is 9.61. The van der Waals surface area contributed by atoms with E-state index in [1.807, 2.05) is 39.0 Å². The molecule has 1 heterocycles. The topological polar surface area (TPSA) is 77.1 Å². The van der Waals surface area contributed by atoms with E-state index < -0.39 is 11.7 Å². The molecule has 0 spiro atoms. The first-order chi connectivity index (χ1) is 17.6. The highest BCUT2D eigenvalue weighted by atomic mass is 32.2. The van der Waals surface area contributed by atoms with Gasteiger partial charge in [-0.1, -0.05) is 86.7 Å². The molecule has 1 aliphatic carbocycles. The van der Waals surface area contributed by atoms with Gasteiger partial charge in [-0.15, -0.1) is 6.58 Å². The monoisotopic (exact) mass is 535 g/mol. The summed E-state index contributed by atoms with van der Waals surface area (Å²) in [6, 6.07) is 0. The summed E-state index contributed by atoms with van der Waals surface area (Å²) >= 11 is 1.55. The maximum absolute atomic E-state index is 10.0. The van der Waals surface area contributed by atoms with Crippen LogP contribution < -0.4 is 5.73 Å². The number of amides is 1. The Balaban J connectivity index is 0. The zero-order valence-electron chi connectivity index (χ0n) is 24.7. The molecule has 0 unspecified atom stereocenters. The summed E-state index contributed by atoms with van der Waals surface area (Å²) in [6.07, 6.45) is 19.9. The molecule has 1 aliphatic heterocycles. The average Bonchev–Trinajstić information content (AvgIpc) is 3.12. The van der Waals surface area contributed by atoms with Gasteiger partial charge in [-0.25, -0.2) is 9.79 Å². The average molecular weight is 536 g/mol. The molecule has 1 saturated heterocycles. The second kappa shape index (κ2) is 24.1. The first-order valence-corrected chi connectivity index (χ1v) is 14.2. The summed E-state index contributed by atoms with van der Waals surface area (Å²) in [6.45, 7) is 21.7. The molecule has 0 bridgehead atoms. The van der Waals surface area contributed by atoms with E-state index in [4.69, 9.17) is 10.5 Å². The number of carbonyl (C=O) groups excluding carboxylic acids is 1. The number of nitrogens with two attached hydrogens (primary N) is 1. The number of primary amides is 1. The standard InChI is InChI=1S/C14H21N.C9H15NOS.C5H11NO2.C2H6/c1-13-8-10-15(11-9-13)12-14-6-4-2-3-5-7-14;1-4-6-7-10-9(11-3)12-8-5-2;1-5(2,3)8-4(6)7;1-2/h2-6,13H,7-12H2,1H3;4-6H,2,7-8H2,1,3H3;1-3H3,(H2,6,7);1-2H3/b;6-4-,10-9?;;. The van der Waals surface area contributed by atoms with Crippen LogP contribution in [0, 0.1) is 5.92 Å². The van der Waals surface area contributed by atoms with Crippen molar-refractivity contribution in [2.45, 2.75) is 73.3 Å². The lowest BCUT2D eigenvalue weighted by atomic mass is 9.98. The number of nitrogens with zero attached hydrogens (tertiary/aromatic N) is 2. The minimum Gasteiger partial charge on any atom is -0.476 e. The zero-order valence-corrected chi connectivity index (χ0v) is 25.5. The van der Waals surface area contributed by atoms with E-state index in [1.165, 1.54) is 32.5 Å². The highest BCUT2D eigenvalue weighted by Gasteiger charge is 2.16. The Bertz CT molecular complexity index is 742. The lowest BCUT2D eigenvalue weighted by Crippen LogP contribution is -2.34. The van der Waals surface area contributed by atoms with Crippen LogP contribution >= 0.6 is 11.8 Å². The van der Waals surface area contributed by atoms with E-state index in [0.29, 0.717) is 11.8 Å². The van der Waals surface area contributed by atoms with Gasteiger partial charge < -0.3 is 15.2 Å². The summed E-state index contributed by atoms with van der Waals surface area (Å²) in [5, 5.41) is 0.716. The molecule has 0 atom stereocenters. The molecule has 1 amide bonds. The van der Waals surface area contributed by atoms with E-state index in [0.717, 1.165) is 18.1 Å². The summed E-state index contributed by atoms with van der Waals surface area (Å²) in [5.41, 5.74) is 5.82. The molecule has 0 aromatic heterocycles. The number of allylic oxidation sites excluding steroid dienone is 6. The number of thioether (sulfide) groups is 1. The van der Waals surface area contributed by atoms with Crippen LogP contribution in [0.1, 0.15) is 67.7 Å². The van der Waals surface area contributed by atoms with Crippen LogP contribution in [0.4, 0.5) is 4.79 Å². The fourth-order valence-corrected chi connectivity index (χ4v) is 3.62. The van der Waals surface area contributed by atoms with Crippen molar-refractivity contribution in [2.75, 3.05) is 39.0 Å². The number of piperidine rings is 1. The molecule has 37 heavy (non-hydrogen) atoms. The third-order valence-electron chi connectivity index (χ3n) is 4.84. The fraction of sp³-hybridized carbons (Fsp3) is 0.600. The van der Waals surface area contributed by atoms with Crippen LogP contribution in [-0.2, 0) is 9.47 Å². The van der Waals surface area contributed by atoms with Crippen molar-refractivity contribution in [3.05, 3.63) is 60.8 Å². The lowest BCUT2D eigenvalue weighted by Gasteiger charge is -2.30. The van der Waals surface area contributed by atoms with Gasteiger partial charge in [-0.05, 0) is 66.0 Å². The minimum absolute atomic E-state index is 0.453. The number of carbonyl (C=O) groups is 1. The second-order valence-electron chi connectivity index (χ2n) is 9.31. The van der Waals surface area contributed by atoms with Gasteiger partial charge in [0.1, 0.15) is 5.60 Å².